The molecule has 1 fully saturated rings. The SMILES string of the molecule is C1CNCCNC1.CCCCCCCCCCCCCCCCOS(=O)(=O)O.CCCCCCCCCCCCCCCCOS(=O)(=O)O. The molecule has 0 unspecified atom stereocenters. The van der Waals surface area contributed by atoms with E-state index < -0.39 is 20.8 Å². The molecule has 0 aliphatic carbocycles. The molecular weight excluding hydrogens is 665 g/mol. The van der Waals surface area contributed by atoms with Gasteiger partial charge in [-0.1, -0.05) is 181 Å². The molecule has 1 aliphatic rings. The molecule has 1 aliphatic heterocycles. The predicted octanol–water partition coefficient (Wildman–Crippen LogP) is 10.1. The van der Waals surface area contributed by atoms with Gasteiger partial charge in [0.25, 0.3) is 0 Å². The average molecular weight is 745 g/mol. The van der Waals surface area contributed by atoms with Gasteiger partial charge in [0.1, 0.15) is 0 Å². The Labute approximate surface area is 304 Å². The Bertz CT molecular complexity index is 764. The molecule has 0 aromatic carbocycles. The Balaban J connectivity index is 0. The normalized spacial score (nSPS) is 13.6. The Hall–Kier alpha value is -0.340. The first-order valence-electron chi connectivity index (χ1n) is 20.3. The standard InChI is InChI=1S/2C16H34O4S.C5H12N2/c2*1-2-3-4-5-6-7-8-9-10-11-12-13-14-15-16-20-21(17,18)19;1-2-6-4-5-7-3-1/h2*2-16H2,1H3,(H,17,18,19);6-7H,1-5H2. The lowest BCUT2D eigenvalue weighted by atomic mass is 10.0. The summed E-state index contributed by atoms with van der Waals surface area (Å²) in [6, 6.07) is 0. The van der Waals surface area contributed by atoms with Gasteiger partial charge in [0, 0.05) is 13.1 Å². The average Bonchev–Trinajstić information content (AvgIpc) is 3.38. The van der Waals surface area contributed by atoms with Gasteiger partial charge in [0.15, 0.2) is 0 Å². The maximum atomic E-state index is 10.3. The number of hydrogen-bond acceptors (Lipinski definition) is 8. The molecule has 1 saturated heterocycles. The van der Waals surface area contributed by atoms with Crippen molar-refractivity contribution in [3.63, 3.8) is 0 Å². The number of rotatable bonds is 32. The summed E-state index contributed by atoms with van der Waals surface area (Å²) in [7, 11) is -8.48. The molecular formula is C37H80N2O8S2. The molecule has 0 amide bonds. The molecule has 10 nitrogen and oxygen atoms in total. The largest absolute Gasteiger partial charge is 0.397 e. The van der Waals surface area contributed by atoms with E-state index in [0.29, 0.717) is 12.8 Å². The van der Waals surface area contributed by atoms with Crippen LogP contribution in [-0.2, 0) is 29.2 Å². The second-order valence-corrected chi connectivity index (χ2v) is 15.7. The van der Waals surface area contributed by atoms with E-state index in [4.69, 9.17) is 9.11 Å². The van der Waals surface area contributed by atoms with E-state index in [1.165, 1.54) is 161 Å². The molecule has 49 heavy (non-hydrogen) atoms. The zero-order valence-electron chi connectivity index (χ0n) is 31.9. The summed E-state index contributed by atoms with van der Waals surface area (Å²) in [6.07, 6.45) is 36.4. The maximum Gasteiger partial charge on any atom is 0.397 e. The molecule has 298 valence electrons. The topological polar surface area (TPSA) is 151 Å². The van der Waals surface area contributed by atoms with Crippen molar-refractivity contribution in [1.29, 1.82) is 0 Å². The molecule has 1 rings (SSSR count). The molecule has 0 radical (unpaired) electrons. The zero-order chi connectivity index (χ0) is 36.6. The minimum atomic E-state index is -4.24. The Kier molecular flexibility index (Phi) is 41.9. The first kappa shape index (κ1) is 50.8. The van der Waals surface area contributed by atoms with E-state index >= 15 is 0 Å². The van der Waals surface area contributed by atoms with Gasteiger partial charge in [-0.05, 0) is 32.4 Å². The van der Waals surface area contributed by atoms with Crippen LogP contribution in [0.25, 0.3) is 0 Å². The minimum Gasteiger partial charge on any atom is -0.315 e. The van der Waals surface area contributed by atoms with Crippen molar-refractivity contribution in [3.05, 3.63) is 0 Å². The van der Waals surface area contributed by atoms with Gasteiger partial charge >= 0.3 is 20.8 Å². The fraction of sp³-hybridized carbons (Fsp3) is 1.00. The van der Waals surface area contributed by atoms with Crippen molar-refractivity contribution in [2.75, 3.05) is 39.4 Å². The van der Waals surface area contributed by atoms with Gasteiger partial charge in [-0.25, -0.2) is 8.37 Å². The van der Waals surface area contributed by atoms with Gasteiger partial charge in [-0.3, -0.25) is 9.11 Å². The molecule has 0 atom stereocenters. The van der Waals surface area contributed by atoms with Gasteiger partial charge < -0.3 is 10.6 Å². The summed E-state index contributed by atoms with van der Waals surface area (Å²) in [5.74, 6) is 0. The maximum absolute atomic E-state index is 10.3. The van der Waals surface area contributed by atoms with Crippen LogP contribution < -0.4 is 10.6 Å². The molecule has 0 saturated carbocycles. The first-order valence-corrected chi connectivity index (χ1v) is 23.0. The third kappa shape index (κ3) is 54.6. The van der Waals surface area contributed by atoms with Crippen molar-refractivity contribution in [2.24, 2.45) is 0 Å². The van der Waals surface area contributed by atoms with E-state index in [-0.39, 0.29) is 13.2 Å². The van der Waals surface area contributed by atoms with E-state index in [2.05, 4.69) is 32.8 Å². The highest BCUT2D eigenvalue weighted by Crippen LogP contribution is 2.14. The molecule has 0 aromatic heterocycles. The minimum absolute atomic E-state index is 0.0941. The van der Waals surface area contributed by atoms with E-state index in [1.54, 1.807) is 0 Å². The molecule has 0 aromatic rings. The van der Waals surface area contributed by atoms with Crippen molar-refractivity contribution < 1.29 is 34.3 Å². The molecule has 0 spiro atoms. The Morgan fingerprint density at radius 3 is 0.837 bits per heavy atom. The number of nitrogens with one attached hydrogen (secondary N) is 2. The van der Waals surface area contributed by atoms with Crippen LogP contribution in [0.3, 0.4) is 0 Å². The summed E-state index contributed by atoms with van der Waals surface area (Å²) in [5.41, 5.74) is 0. The highest BCUT2D eigenvalue weighted by molar-refractivity contribution is 7.81. The lowest BCUT2D eigenvalue weighted by Gasteiger charge is -2.03. The highest BCUT2D eigenvalue weighted by atomic mass is 32.3. The van der Waals surface area contributed by atoms with Crippen molar-refractivity contribution >= 4 is 20.8 Å². The second-order valence-electron chi connectivity index (χ2n) is 13.5. The van der Waals surface area contributed by atoms with Gasteiger partial charge in [0.2, 0.25) is 0 Å². The summed E-state index contributed by atoms with van der Waals surface area (Å²) >= 11 is 0. The van der Waals surface area contributed by atoms with Crippen LogP contribution >= 0.6 is 0 Å². The van der Waals surface area contributed by atoms with Gasteiger partial charge in [-0.15, -0.1) is 0 Å². The van der Waals surface area contributed by atoms with Gasteiger partial charge in [0.05, 0.1) is 13.2 Å². The molecule has 4 N–H and O–H groups in total. The summed E-state index contributed by atoms with van der Waals surface area (Å²) < 4.78 is 66.5. The first-order chi connectivity index (χ1) is 23.6. The van der Waals surface area contributed by atoms with Crippen molar-refractivity contribution in [1.82, 2.24) is 10.6 Å². The number of unbranched alkanes of at least 4 members (excludes halogenated alkanes) is 26. The summed E-state index contributed by atoms with van der Waals surface area (Å²) in [5, 5.41) is 6.57. The third-order valence-corrected chi connectivity index (χ3v) is 9.58. The third-order valence-electron chi connectivity index (χ3n) is 8.65. The highest BCUT2D eigenvalue weighted by Gasteiger charge is 2.04. The predicted molar refractivity (Wildman–Crippen MR) is 206 cm³/mol. The number of hydrogen-bond donors (Lipinski definition) is 4. The Morgan fingerprint density at radius 2 is 0.612 bits per heavy atom. The quantitative estimate of drug-likeness (QED) is 0.0387. The molecule has 1 heterocycles. The van der Waals surface area contributed by atoms with E-state index in [1.807, 2.05) is 0 Å². The lowest BCUT2D eigenvalue weighted by Crippen LogP contribution is -2.21. The molecule has 0 bridgehead atoms. The van der Waals surface area contributed by atoms with Crippen LogP contribution in [0, 0.1) is 0 Å². The van der Waals surface area contributed by atoms with Crippen LogP contribution in [0.4, 0.5) is 0 Å². The van der Waals surface area contributed by atoms with Crippen molar-refractivity contribution in [2.45, 2.75) is 200 Å². The zero-order valence-corrected chi connectivity index (χ0v) is 33.5. The summed E-state index contributed by atoms with van der Waals surface area (Å²) in [6.45, 7) is 9.34. The fourth-order valence-corrected chi connectivity index (χ4v) is 6.34. The van der Waals surface area contributed by atoms with E-state index in [0.717, 1.165) is 38.8 Å². The van der Waals surface area contributed by atoms with Crippen molar-refractivity contribution in [3.8, 4) is 0 Å². The fourth-order valence-electron chi connectivity index (χ4n) is 5.69. The van der Waals surface area contributed by atoms with E-state index in [9.17, 15) is 16.8 Å². The summed E-state index contributed by atoms with van der Waals surface area (Å²) in [4.78, 5) is 0. The second kappa shape index (κ2) is 40.4. The van der Waals surface area contributed by atoms with Crippen LogP contribution in [-0.4, -0.2) is 65.3 Å². The van der Waals surface area contributed by atoms with Crippen LogP contribution in [0.15, 0.2) is 0 Å². The lowest BCUT2D eigenvalue weighted by molar-refractivity contribution is 0.260. The smallest absolute Gasteiger partial charge is 0.315 e. The molecule has 12 heteroatoms. The van der Waals surface area contributed by atoms with Gasteiger partial charge in [-0.2, -0.15) is 16.8 Å². The van der Waals surface area contributed by atoms with Crippen LogP contribution in [0.2, 0.25) is 0 Å². The Morgan fingerprint density at radius 1 is 0.388 bits per heavy atom. The van der Waals surface area contributed by atoms with Crippen LogP contribution in [0.5, 0.6) is 0 Å². The van der Waals surface area contributed by atoms with Crippen LogP contribution in [0.1, 0.15) is 200 Å². The monoisotopic (exact) mass is 745 g/mol.